The number of nitrogens with zero attached hydrogens (tertiary/aromatic N) is 4. The number of rotatable bonds is 7. The van der Waals surface area contributed by atoms with E-state index in [1.165, 1.54) is 16.0 Å². The van der Waals surface area contributed by atoms with Gasteiger partial charge in [0.25, 0.3) is 0 Å². The van der Waals surface area contributed by atoms with E-state index < -0.39 is 0 Å². The van der Waals surface area contributed by atoms with Crippen LogP contribution in [0, 0.1) is 6.92 Å². The second-order valence-corrected chi connectivity index (χ2v) is 9.03. The molecule has 0 aliphatic carbocycles. The number of thiophene rings is 1. The molecule has 0 unspecified atom stereocenters. The van der Waals surface area contributed by atoms with Crippen molar-refractivity contribution in [3.63, 3.8) is 0 Å². The van der Waals surface area contributed by atoms with E-state index in [4.69, 9.17) is 4.98 Å². The Morgan fingerprint density at radius 2 is 2.04 bits per heavy atom. The third-order valence-electron chi connectivity index (χ3n) is 4.19. The van der Waals surface area contributed by atoms with E-state index in [0.29, 0.717) is 0 Å². The summed E-state index contributed by atoms with van der Waals surface area (Å²) in [6.45, 7) is 5.13. The van der Waals surface area contributed by atoms with Crippen molar-refractivity contribution in [2.45, 2.75) is 37.7 Å². The SMILES string of the molecule is CCn1c(Cc2cccs2)nnc1SCc1csc(-c2cccc(C)c2)n1. The fourth-order valence-corrected chi connectivity index (χ4v) is 5.40. The second-order valence-electron chi connectivity index (χ2n) is 6.20. The maximum Gasteiger partial charge on any atom is 0.191 e. The lowest BCUT2D eigenvalue weighted by Crippen LogP contribution is -2.03. The number of aryl methyl sites for hydroxylation is 1. The molecule has 4 nitrogen and oxygen atoms in total. The van der Waals surface area contributed by atoms with Crippen LogP contribution in [-0.2, 0) is 18.7 Å². The summed E-state index contributed by atoms with van der Waals surface area (Å²) in [7, 11) is 0. The van der Waals surface area contributed by atoms with Crippen molar-refractivity contribution in [3.05, 3.63) is 69.1 Å². The Balaban J connectivity index is 1.45. The highest BCUT2D eigenvalue weighted by Gasteiger charge is 2.13. The molecule has 0 N–H and O–H groups in total. The zero-order valence-electron chi connectivity index (χ0n) is 15.3. The van der Waals surface area contributed by atoms with Gasteiger partial charge in [-0.05, 0) is 31.4 Å². The van der Waals surface area contributed by atoms with E-state index in [1.54, 1.807) is 34.4 Å². The van der Waals surface area contributed by atoms with Crippen LogP contribution in [-0.4, -0.2) is 19.7 Å². The van der Waals surface area contributed by atoms with Crippen molar-refractivity contribution >= 4 is 34.4 Å². The normalized spacial score (nSPS) is 11.2. The molecule has 0 fully saturated rings. The van der Waals surface area contributed by atoms with E-state index in [2.05, 4.69) is 75.8 Å². The molecular formula is C20H20N4S3. The summed E-state index contributed by atoms with van der Waals surface area (Å²) in [5.41, 5.74) is 3.53. The lowest BCUT2D eigenvalue weighted by molar-refractivity contribution is 0.652. The molecule has 4 rings (SSSR count). The van der Waals surface area contributed by atoms with Crippen LogP contribution >= 0.6 is 34.4 Å². The quantitative estimate of drug-likeness (QED) is 0.367. The molecule has 0 atom stereocenters. The monoisotopic (exact) mass is 412 g/mol. The lowest BCUT2D eigenvalue weighted by Gasteiger charge is -2.06. The summed E-state index contributed by atoms with van der Waals surface area (Å²) >= 11 is 5.17. The summed E-state index contributed by atoms with van der Waals surface area (Å²) in [4.78, 5) is 6.12. The minimum absolute atomic E-state index is 0.805. The van der Waals surface area contributed by atoms with Gasteiger partial charge in [-0.15, -0.1) is 32.9 Å². The molecule has 0 bridgehead atoms. The Bertz CT molecular complexity index is 1020. The zero-order valence-corrected chi connectivity index (χ0v) is 17.7. The van der Waals surface area contributed by atoms with Gasteiger partial charge >= 0.3 is 0 Å². The molecule has 1 aromatic carbocycles. The molecule has 0 saturated heterocycles. The van der Waals surface area contributed by atoms with Crippen molar-refractivity contribution in [1.29, 1.82) is 0 Å². The molecule has 0 aliphatic heterocycles. The highest BCUT2D eigenvalue weighted by Crippen LogP contribution is 2.28. The largest absolute Gasteiger partial charge is 0.306 e. The summed E-state index contributed by atoms with van der Waals surface area (Å²) < 4.78 is 2.21. The maximum atomic E-state index is 4.80. The van der Waals surface area contributed by atoms with Crippen molar-refractivity contribution < 1.29 is 0 Å². The Morgan fingerprint density at radius 3 is 2.81 bits per heavy atom. The Labute approximate surface area is 171 Å². The van der Waals surface area contributed by atoms with Gasteiger partial charge in [0.05, 0.1) is 5.69 Å². The van der Waals surface area contributed by atoms with Crippen LogP contribution in [0.3, 0.4) is 0 Å². The topological polar surface area (TPSA) is 43.6 Å². The molecule has 7 heteroatoms. The summed E-state index contributed by atoms with van der Waals surface area (Å²) in [5.74, 6) is 1.83. The van der Waals surface area contributed by atoms with Gasteiger partial charge in [-0.1, -0.05) is 41.6 Å². The molecule has 0 amide bonds. The molecule has 0 saturated carbocycles. The van der Waals surface area contributed by atoms with Crippen molar-refractivity contribution in [1.82, 2.24) is 19.7 Å². The predicted molar refractivity (Wildman–Crippen MR) is 115 cm³/mol. The summed E-state index contributed by atoms with van der Waals surface area (Å²) in [5, 5.41) is 15.1. The number of thiazole rings is 1. The molecule has 0 aliphatic rings. The highest BCUT2D eigenvalue weighted by molar-refractivity contribution is 7.98. The second kappa shape index (κ2) is 8.37. The minimum atomic E-state index is 0.805. The van der Waals surface area contributed by atoms with Crippen LogP contribution in [0.4, 0.5) is 0 Å². The van der Waals surface area contributed by atoms with Crippen LogP contribution in [0.15, 0.2) is 52.3 Å². The standard InChI is InChI=1S/C20H20N4S3/c1-3-24-18(11-17-8-5-9-25-17)22-23-20(24)27-13-16-12-26-19(21-16)15-7-4-6-14(2)10-15/h4-10,12H,3,11,13H2,1-2H3. The molecule has 3 heterocycles. The van der Waals surface area contributed by atoms with Crippen LogP contribution in [0.2, 0.25) is 0 Å². The van der Waals surface area contributed by atoms with Crippen molar-refractivity contribution in [2.75, 3.05) is 0 Å². The van der Waals surface area contributed by atoms with E-state index in [0.717, 1.165) is 40.4 Å². The van der Waals surface area contributed by atoms with E-state index in [9.17, 15) is 0 Å². The highest BCUT2D eigenvalue weighted by atomic mass is 32.2. The average Bonchev–Trinajstić information content (AvgIpc) is 3.41. The molecule has 0 spiro atoms. The van der Waals surface area contributed by atoms with Gasteiger partial charge < -0.3 is 4.57 Å². The van der Waals surface area contributed by atoms with E-state index in [1.807, 2.05) is 0 Å². The van der Waals surface area contributed by atoms with Gasteiger partial charge in [-0.3, -0.25) is 0 Å². The number of hydrogen-bond donors (Lipinski definition) is 0. The zero-order chi connectivity index (χ0) is 18.6. The number of benzene rings is 1. The first-order valence-corrected chi connectivity index (χ1v) is 11.6. The Morgan fingerprint density at radius 1 is 1.11 bits per heavy atom. The van der Waals surface area contributed by atoms with Crippen molar-refractivity contribution in [2.24, 2.45) is 0 Å². The van der Waals surface area contributed by atoms with Gasteiger partial charge in [-0.2, -0.15) is 0 Å². The van der Waals surface area contributed by atoms with Gasteiger partial charge in [0, 0.05) is 34.5 Å². The first-order chi connectivity index (χ1) is 13.2. The van der Waals surface area contributed by atoms with E-state index >= 15 is 0 Å². The van der Waals surface area contributed by atoms with E-state index in [-0.39, 0.29) is 0 Å². The third-order valence-corrected chi connectivity index (χ3v) is 7.00. The molecule has 4 aromatic rings. The first-order valence-electron chi connectivity index (χ1n) is 8.81. The van der Waals surface area contributed by atoms with Crippen LogP contribution in [0.1, 0.15) is 28.9 Å². The molecule has 27 heavy (non-hydrogen) atoms. The predicted octanol–water partition coefficient (Wildman–Crippen LogP) is 5.67. The third kappa shape index (κ3) is 4.31. The Kier molecular flexibility index (Phi) is 5.71. The van der Waals surface area contributed by atoms with Gasteiger partial charge in [0.15, 0.2) is 5.16 Å². The number of aromatic nitrogens is 4. The van der Waals surface area contributed by atoms with Gasteiger partial charge in [0.1, 0.15) is 10.8 Å². The minimum Gasteiger partial charge on any atom is -0.306 e. The molecular weight excluding hydrogens is 392 g/mol. The smallest absolute Gasteiger partial charge is 0.191 e. The number of thioether (sulfide) groups is 1. The van der Waals surface area contributed by atoms with Gasteiger partial charge in [-0.25, -0.2) is 4.98 Å². The van der Waals surface area contributed by atoms with Crippen LogP contribution < -0.4 is 0 Å². The first kappa shape index (κ1) is 18.4. The molecule has 138 valence electrons. The summed E-state index contributed by atoms with van der Waals surface area (Å²) in [6.07, 6.45) is 0.841. The fraction of sp³-hybridized carbons (Fsp3) is 0.250. The maximum absolute atomic E-state index is 4.80. The lowest BCUT2D eigenvalue weighted by atomic mass is 10.1. The summed E-state index contributed by atoms with van der Waals surface area (Å²) in [6, 6.07) is 12.7. The van der Waals surface area contributed by atoms with Crippen LogP contribution in [0.5, 0.6) is 0 Å². The molecule has 0 radical (unpaired) electrons. The molecule has 3 aromatic heterocycles. The Hall–Kier alpha value is -1.96. The van der Waals surface area contributed by atoms with Crippen molar-refractivity contribution in [3.8, 4) is 10.6 Å². The van der Waals surface area contributed by atoms with Crippen LogP contribution in [0.25, 0.3) is 10.6 Å². The fourth-order valence-electron chi connectivity index (χ4n) is 2.87. The van der Waals surface area contributed by atoms with Gasteiger partial charge in [0.2, 0.25) is 0 Å². The average molecular weight is 413 g/mol. The number of hydrogen-bond acceptors (Lipinski definition) is 6.